The first-order valence-electron chi connectivity index (χ1n) is 5.84. The van der Waals surface area contributed by atoms with Gasteiger partial charge in [0.1, 0.15) is 0 Å². The molecule has 0 N–H and O–H groups in total. The van der Waals surface area contributed by atoms with Gasteiger partial charge in [-0.2, -0.15) is 0 Å². The molecule has 0 amide bonds. The largest absolute Gasteiger partial charge is 0.300 e. The maximum Gasteiger partial charge on any atom is 0.0931 e. The van der Waals surface area contributed by atoms with Crippen molar-refractivity contribution in [2.75, 3.05) is 19.3 Å². The summed E-state index contributed by atoms with van der Waals surface area (Å²) >= 11 is 9.49. The van der Waals surface area contributed by atoms with Crippen molar-refractivity contribution in [2.45, 2.75) is 11.4 Å². The molecule has 0 aliphatic heterocycles. The third-order valence-electron chi connectivity index (χ3n) is 2.54. The molecule has 1 heterocycles. The Morgan fingerprint density at radius 2 is 1.94 bits per heavy atom. The summed E-state index contributed by atoms with van der Waals surface area (Å²) in [6.45, 7) is 2.06. The smallest absolute Gasteiger partial charge is 0.0931 e. The van der Waals surface area contributed by atoms with Crippen LogP contribution < -0.4 is 0 Å². The van der Waals surface area contributed by atoms with Crippen LogP contribution in [-0.4, -0.2) is 24.2 Å². The van der Waals surface area contributed by atoms with Gasteiger partial charge in [0, 0.05) is 28.6 Å². The first kappa shape index (κ1) is 13.9. The number of thioether (sulfide) groups is 1. The highest BCUT2D eigenvalue weighted by Gasteiger charge is 2.03. The van der Waals surface area contributed by atoms with Crippen molar-refractivity contribution in [1.82, 2.24) is 4.90 Å². The van der Waals surface area contributed by atoms with Crippen molar-refractivity contribution in [3.05, 3.63) is 51.7 Å². The van der Waals surface area contributed by atoms with Gasteiger partial charge < -0.3 is 4.90 Å². The molecule has 1 aromatic carbocycles. The summed E-state index contributed by atoms with van der Waals surface area (Å²) in [5.41, 5.74) is 0. The fourth-order valence-electron chi connectivity index (χ4n) is 1.62. The molecule has 0 saturated carbocycles. The Hall–Kier alpha value is -0.480. The molecule has 1 nitrogen and oxygen atoms in total. The lowest BCUT2D eigenvalue weighted by Crippen LogP contribution is -2.20. The summed E-state index contributed by atoms with van der Waals surface area (Å²) in [5.74, 6) is 1.11. The number of rotatable bonds is 6. The minimum Gasteiger partial charge on any atom is -0.300 e. The van der Waals surface area contributed by atoms with Crippen molar-refractivity contribution in [3.63, 3.8) is 0 Å². The van der Waals surface area contributed by atoms with E-state index in [1.807, 2.05) is 17.8 Å². The van der Waals surface area contributed by atoms with Gasteiger partial charge in [-0.25, -0.2) is 0 Å². The molecule has 0 unspecified atom stereocenters. The fraction of sp³-hybridized carbons (Fsp3) is 0.286. The van der Waals surface area contributed by atoms with Gasteiger partial charge in [0.25, 0.3) is 0 Å². The van der Waals surface area contributed by atoms with Crippen LogP contribution >= 0.6 is 34.7 Å². The highest BCUT2D eigenvalue weighted by molar-refractivity contribution is 7.99. The Morgan fingerprint density at radius 1 is 1.17 bits per heavy atom. The van der Waals surface area contributed by atoms with Crippen LogP contribution in [0, 0.1) is 0 Å². The highest BCUT2D eigenvalue weighted by Crippen LogP contribution is 2.22. The Balaban J connectivity index is 1.70. The Bertz CT molecular complexity index is 470. The van der Waals surface area contributed by atoms with Crippen molar-refractivity contribution in [2.24, 2.45) is 0 Å². The van der Waals surface area contributed by atoms with Crippen molar-refractivity contribution >= 4 is 34.7 Å². The minimum absolute atomic E-state index is 0.872. The topological polar surface area (TPSA) is 3.24 Å². The summed E-state index contributed by atoms with van der Waals surface area (Å²) in [6.07, 6.45) is 0. The Morgan fingerprint density at radius 3 is 2.61 bits per heavy atom. The molecule has 0 fully saturated rings. The number of nitrogens with zero attached hydrogens (tertiary/aromatic N) is 1. The van der Waals surface area contributed by atoms with Gasteiger partial charge >= 0.3 is 0 Å². The van der Waals surface area contributed by atoms with E-state index in [0.29, 0.717) is 0 Å². The number of halogens is 1. The zero-order chi connectivity index (χ0) is 12.8. The third kappa shape index (κ3) is 4.65. The first-order valence-corrected chi connectivity index (χ1v) is 8.02. The van der Waals surface area contributed by atoms with Gasteiger partial charge in [0.15, 0.2) is 0 Å². The van der Waals surface area contributed by atoms with E-state index in [2.05, 4.69) is 48.3 Å². The molecule has 4 heteroatoms. The monoisotopic (exact) mass is 297 g/mol. The average molecular weight is 298 g/mol. The molecule has 96 valence electrons. The molecule has 1 aromatic heterocycles. The van der Waals surface area contributed by atoms with Gasteiger partial charge in [0.2, 0.25) is 0 Å². The van der Waals surface area contributed by atoms with Crippen molar-refractivity contribution in [3.8, 4) is 0 Å². The second-order valence-electron chi connectivity index (χ2n) is 4.11. The van der Waals surface area contributed by atoms with Crippen LogP contribution in [0.4, 0.5) is 0 Å². The molecule has 2 aromatic rings. The number of hydrogen-bond donors (Lipinski definition) is 0. The zero-order valence-corrected chi connectivity index (χ0v) is 12.7. The van der Waals surface area contributed by atoms with Crippen molar-refractivity contribution in [1.29, 1.82) is 0 Å². The molecule has 0 spiro atoms. The molecular formula is C14H16ClNS2. The second-order valence-corrected chi connectivity index (χ2v) is 7.07. The van der Waals surface area contributed by atoms with Crippen LogP contribution in [-0.2, 0) is 6.54 Å². The standard InChI is InChI=1S/C14H16ClNS2/c1-16(11-13-7-8-14(15)18-13)9-10-17-12-5-3-2-4-6-12/h2-8H,9-11H2,1H3. The van der Waals surface area contributed by atoms with Gasteiger partial charge in [0.05, 0.1) is 4.34 Å². The predicted molar refractivity (Wildman–Crippen MR) is 82.8 cm³/mol. The number of hydrogen-bond acceptors (Lipinski definition) is 3. The van der Waals surface area contributed by atoms with Gasteiger partial charge in [-0.1, -0.05) is 29.8 Å². The van der Waals surface area contributed by atoms with Gasteiger partial charge in [-0.05, 0) is 31.3 Å². The van der Waals surface area contributed by atoms with Gasteiger partial charge in [-0.15, -0.1) is 23.1 Å². The SMILES string of the molecule is CN(CCSc1ccccc1)Cc1ccc(Cl)s1. The minimum atomic E-state index is 0.872. The van der Waals surface area contributed by atoms with E-state index >= 15 is 0 Å². The summed E-state index contributed by atoms with van der Waals surface area (Å²) in [5, 5.41) is 0. The lowest BCUT2D eigenvalue weighted by atomic mass is 10.4. The first-order chi connectivity index (χ1) is 8.74. The predicted octanol–water partition coefficient (Wildman–Crippen LogP) is 4.63. The van der Waals surface area contributed by atoms with Crippen LogP contribution in [0.15, 0.2) is 47.4 Å². The lowest BCUT2D eigenvalue weighted by molar-refractivity contribution is 0.352. The lowest BCUT2D eigenvalue weighted by Gasteiger charge is -2.15. The number of benzene rings is 1. The molecule has 0 atom stereocenters. The van der Waals surface area contributed by atoms with Crippen LogP contribution in [0.5, 0.6) is 0 Å². The number of thiophene rings is 1. The fourth-order valence-corrected chi connectivity index (χ4v) is 3.77. The van der Waals surface area contributed by atoms with E-state index in [0.717, 1.165) is 23.2 Å². The Kier molecular flexibility index (Phi) is 5.57. The quantitative estimate of drug-likeness (QED) is 0.715. The maximum atomic E-state index is 5.92. The summed E-state index contributed by atoms with van der Waals surface area (Å²) < 4.78 is 0.872. The van der Waals surface area contributed by atoms with Gasteiger partial charge in [-0.3, -0.25) is 0 Å². The molecular weight excluding hydrogens is 282 g/mol. The van der Waals surface area contributed by atoms with Crippen LogP contribution in [0.2, 0.25) is 4.34 Å². The zero-order valence-electron chi connectivity index (χ0n) is 10.3. The summed E-state index contributed by atoms with van der Waals surface area (Å²) in [6, 6.07) is 14.6. The second kappa shape index (κ2) is 7.19. The normalized spacial score (nSPS) is 11.1. The molecule has 18 heavy (non-hydrogen) atoms. The molecule has 0 saturated heterocycles. The van der Waals surface area contributed by atoms with E-state index in [9.17, 15) is 0 Å². The molecule has 0 bridgehead atoms. The molecule has 0 aliphatic rings. The Labute approximate surface area is 122 Å². The summed E-state index contributed by atoms with van der Waals surface area (Å²) in [4.78, 5) is 5.00. The van der Waals surface area contributed by atoms with E-state index in [1.54, 1.807) is 11.3 Å². The van der Waals surface area contributed by atoms with E-state index in [1.165, 1.54) is 9.77 Å². The maximum absolute atomic E-state index is 5.92. The molecule has 0 aliphatic carbocycles. The molecule has 0 radical (unpaired) electrons. The molecule has 2 rings (SSSR count). The van der Waals surface area contributed by atoms with E-state index < -0.39 is 0 Å². The average Bonchev–Trinajstić information content (AvgIpc) is 2.76. The van der Waals surface area contributed by atoms with E-state index in [4.69, 9.17) is 11.6 Å². The van der Waals surface area contributed by atoms with Crippen LogP contribution in [0.1, 0.15) is 4.88 Å². The summed E-state index contributed by atoms with van der Waals surface area (Å²) in [7, 11) is 2.15. The highest BCUT2D eigenvalue weighted by atomic mass is 35.5. The van der Waals surface area contributed by atoms with E-state index in [-0.39, 0.29) is 0 Å². The van der Waals surface area contributed by atoms with Crippen LogP contribution in [0.25, 0.3) is 0 Å². The van der Waals surface area contributed by atoms with Crippen molar-refractivity contribution < 1.29 is 0 Å². The van der Waals surface area contributed by atoms with Crippen LogP contribution in [0.3, 0.4) is 0 Å². The third-order valence-corrected chi connectivity index (χ3v) is 4.75.